The van der Waals surface area contributed by atoms with Gasteiger partial charge in [0.15, 0.2) is 0 Å². The molecule has 3 rings (SSSR count). The summed E-state index contributed by atoms with van der Waals surface area (Å²) in [6.07, 6.45) is 1.96. The van der Waals surface area contributed by atoms with Crippen molar-refractivity contribution in [3.05, 3.63) is 40.1 Å². The van der Waals surface area contributed by atoms with Crippen LogP contribution in [0.2, 0.25) is 5.02 Å². The van der Waals surface area contributed by atoms with Crippen LogP contribution < -0.4 is 10.6 Å². The number of amides is 2. The number of hydrogen-bond acceptors (Lipinski definition) is 4. The minimum atomic E-state index is -0.535. The van der Waals surface area contributed by atoms with Crippen LogP contribution >= 0.6 is 22.9 Å². The number of carbonyl (C=O) groups is 2. The van der Waals surface area contributed by atoms with Gasteiger partial charge in [0.1, 0.15) is 21.7 Å². The molecule has 2 N–H and O–H groups in total. The minimum absolute atomic E-state index is 0.0410. The van der Waals surface area contributed by atoms with Crippen molar-refractivity contribution in [3.63, 3.8) is 0 Å². The quantitative estimate of drug-likeness (QED) is 0.891. The number of aromatic nitrogens is 1. The number of thiazole rings is 1. The predicted octanol–water partition coefficient (Wildman–Crippen LogP) is 2.61. The van der Waals surface area contributed by atoms with E-state index in [9.17, 15) is 14.0 Å². The van der Waals surface area contributed by atoms with Crippen molar-refractivity contribution in [1.82, 2.24) is 15.6 Å². The van der Waals surface area contributed by atoms with Crippen LogP contribution in [0.25, 0.3) is 10.6 Å². The van der Waals surface area contributed by atoms with E-state index < -0.39 is 11.9 Å². The number of nitrogens with one attached hydrogen (secondary N) is 2. The van der Waals surface area contributed by atoms with Crippen molar-refractivity contribution in [3.8, 4) is 10.6 Å². The summed E-state index contributed by atoms with van der Waals surface area (Å²) in [5.41, 5.74) is 0.506. The van der Waals surface area contributed by atoms with E-state index >= 15 is 0 Å². The van der Waals surface area contributed by atoms with Gasteiger partial charge in [-0.2, -0.15) is 0 Å². The SMILES string of the molecule is C[C@@H]1C[C@H](NC(=O)c2cnc(-c3cc(F)cc(Cl)c3)s2)C(=O)N1. The summed E-state index contributed by atoms with van der Waals surface area (Å²) in [4.78, 5) is 28.4. The van der Waals surface area contributed by atoms with Gasteiger partial charge in [-0.1, -0.05) is 11.6 Å². The molecule has 23 heavy (non-hydrogen) atoms. The van der Waals surface area contributed by atoms with E-state index in [1.165, 1.54) is 18.3 Å². The lowest BCUT2D eigenvalue weighted by Crippen LogP contribution is -2.39. The Balaban J connectivity index is 1.76. The molecule has 1 saturated heterocycles. The average Bonchev–Trinajstić information content (AvgIpc) is 3.05. The molecular weight excluding hydrogens is 341 g/mol. The fourth-order valence-corrected chi connectivity index (χ4v) is 3.43. The summed E-state index contributed by atoms with van der Waals surface area (Å²) in [5.74, 6) is -1.02. The van der Waals surface area contributed by atoms with Crippen LogP contribution in [0.1, 0.15) is 23.0 Å². The predicted molar refractivity (Wildman–Crippen MR) is 86.0 cm³/mol. The molecule has 0 spiro atoms. The van der Waals surface area contributed by atoms with E-state index in [1.807, 2.05) is 6.92 Å². The van der Waals surface area contributed by atoms with E-state index in [0.29, 0.717) is 21.9 Å². The topological polar surface area (TPSA) is 71.1 Å². The first-order valence-electron chi connectivity index (χ1n) is 6.96. The van der Waals surface area contributed by atoms with Gasteiger partial charge in [0.2, 0.25) is 5.91 Å². The first-order valence-corrected chi connectivity index (χ1v) is 8.15. The van der Waals surface area contributed by atoms with Crippen LogP contribution in [-0.4, -0.2) is 28.9 Å². The molecule has 1 aliphatic heterocycles. The summed E-state index contributed by atoms with van der Waals surface area (Å²) in [7, 11) is 0. The normalized spacial score (nSPS) is 20.4. The number of carbonyl (C=O) groups excluding carboxylic acids is 2. The van der Waals surface area contributed by atoms with Crippen molar-refractivity contribution in [2.75, 3.05) is 0 Å². The van der Waals surface area contributed by atoms with Gasteiger partial charge < -0.3 is 10.6 Å². The average molecular weight is 354 g/mol. The molecule has 2 atom stereocenters. The highest BCUT2D eigenvalue weighted by Crippen LogP contribution is 2.28. The lowest BCUT2D eigenvalue weighted by atomic mass is 10.2. The van der Waals surface area contributed by atoms with Gasteiger partial charge in [-0.05, 0) is 31.5 Å². The second-order valence-electron chi connectivity index (χ2n) is 5.36. The Bertz CT molecular complexity index is 760. The van der Waals surface area contributed by atoms with Crippen LogP contribution in [0.5, 0.6) is 0 Å². The standard InChI is InChI=1S/C15H13ClFN3O2S/c1-7-2-11(13(21)19-7)20-14(22)12-6-18-15(23-12)8-3-9(16)5-10(17)4-8/h3-7,11H,2H2,1H3,(H,19,21)(H,20,22)/t7-,11+/m1/s1. The van der Waals surface area contributed by atoms with Gasteiger partial charge in [0.25, 0.3) is 5.91 Å². The van der Waals surface area contributed by atoms with Crippen LogP contribution in [0.4, 0.5) is 4.39 Å². The molecule has 0 aliphatic carbocycles. The molecule has 2 heterocycles. The lowest BCUT2D eigenvalue weighted by molar-refractivity contribution is -0.120. The number of rotatable bonds is 3. The fraction of sp³-hybridized carbons (Fsp3) is 0.267. The van der Waals surface area contributed by atoms with Crippen molar-refractivity contribution in [1.29, 1.82) is 0 Å². The number of nitrogens with zero attached hydrogens (tertiary/aromatic N) is 1. The van der Waals surface area contributed by atoms with Crippen molar-refractivity contribution in [2.24, 2.45) is 0 Å². The maximum absolute atomic E-state index is 13.4. The zero-order valence-electron chi connectivity index (χ0n) is 12.1. The molecule has 1 aromatic heterocycles. The van der Waals surface area contributed by atoms with Crippen molar-refractivity contribution < 1.29 is 14.0 Å². The number of halogens is 2. The third-order valence-corrected chi connectivity index (χ3v) is 4.70. The Kier molecular flexibility index (Phi) is 4.32. The zero-order valence-corrected chi connectivity index (χ0v) is 13.7. The van der Waals surface area contributed by atoms with E-state index in [0.717, 1.165) is 11.3 Å². The van der Waals surface area contributed by atoms with Crippen LogP contribution in [0, 0.1) is 5.82 Å². The second-order valence-corrected chi connectivity index (χ2v) is 6.83. The Morgan fingerprint density at radius 2 is 2.26 bits per heavy atom. The van der Waals surface area contributed by atoms with Gasteiger partial charge in [0.05, 0.1) is 6.20 Å². The molecule has 0 bridgehead atoms. The Morgan fingerprint density at radius 3 is 2.91 bits per heavy atom. The van der Waals surface area contributed by atoms with E-state index in [4.69, 9.17) is 11.6 Å². The maximum Gasteiger partial charge on any atom is 0.263 e. The molecule has 0 unspecified atom stereocenters. The second kappa shape index (κ2) is 6.25. The van der Waals surface area contributed by atoms with Gasteiger partial charge in [-0.3, -0.25) is 9.59 Å². The first-order chi connectivity index (χ1) is 10.9. The smallest absolute Gasteiger partial charge is 0.263 e. The third-order valence-electron chi connectivity index (χ3n) is 3.44. The van der Waals surface area contributed by atoms with E-state index in [1.54, 1.807) is 6.07 Å². The monoisotopic (exact) mass is 353 g/mol. The van der Waals surface area contributed by atoms with Gasteiger partial charge in [0, 0.05) is 16.6 Å². The summed E-state index contributed by atoms with van der Waals surface area (Å²) >= 11 is 6.94. The molecule has 1 fully saturated rings. The van der Waals surface area contributed by atoms with E-state index in [-0.39, 0.29) is 22.9 Å². The Labute approximate surface area is 140 Å². The van der Waals surface area contributed by atoms with E-state index in [2.05, 4.69) is 15.6 Å². The van der Waals surface area contributed by atoms with Gasteiger partial charge in [-0.25, -0.2) is 9.37 Å². The molecular formula is C15H13ClFN3O2S. The number of benzene rings is 1. The molecule has 0 radical (unpaired) electrons. The molecule has 1 aromatic carbocycles. The highest BCUT2D eigenvalue weighted by atomic mass is 35.5. The summed E-state index contributed by atoms with van der Waals surface area (Å²) in [6, 6.07) is 3.59. The summed E-state index contributed by atoms with van der Waals surface area (Å²) in [6.45, 7) is 1.88. The number of hydrogen-bond donors (Lipinski definition) is 2. The van der Waals surface area contributed by atoms with Crippen LogP contribution in [-0.2, 0) is 4.79 Å². The Hall–Kier alpha value is -1.99. The maximum atomic E-state index is 13.4. The Morgan fingerprint density at radius 1 is 1.48 bits per heavy atom. The molecule has 2 amide bonds. The minimum Gasteiger partial charge on any atom is -0.352 e. The first kappa shape index (κ1) is 15.9. The molecule has 5 nitrogen and oxygen atoms in total. The van der Waals surface area contributed by atoms with Crippen LogP contribution in [0.15, 0.2) is 24.4 Å². The van der Waals surface area contributed by atoms with Gasteiger partial charge in [-0.15, -0.1) is 11.3 Å². The lowest BCUT2D eigenvalue weighted by Gasteiger charge is -2.08. The van der Waals surface area contributed by atoms with Crippen molar-refractivity contribution >= 4 is 34.8 Å². The molecule has 8 heteroatoms. The highest BCUT2D eigenvalue weighted by molar-refractivity contribution is 7.16. The largest absolute Gasteiger partial charge is 0.352 e. The van der Waals surface area contributed by atoms with Crippen molar-refractivity contribution in [2.45, 2.75) is 25.4 Å². The molecule has 120 valence electrons. The summed E-state index contributed by atoms with van der Waals surface area (Å²) < 4.78 is 13.4. The molecule has 2 aromatic rings. The fourth-order valence-electron chi connectivity index (χ4n) is 2.41. The molecule has 0 saturated carbocycles. The zero-order chi connectivity index (χ0) is 16.6. The highest BCUT2D eigenvalue weighted by Gasteiger charge is 2.31. The van der Waals surface area contributed by atoms with Gasteiger partial charge >= 0.3 is 0 Å². The molecule has 1 aliphatic rings. The summed E-state index contributed by atoms with van der Waals surface area (Å²) in [5, 5.41) is 6.18. The third kappa shape index (κ3) is 3.51. The van der Waals surface area contributed by atoms with Crippen LogP contribution in [0.3, 0.4) is 0 Å².